The largest absolute Gasteiger partial charge is 0.497 e. The highest BCUT2D eigenvalue weighted by Crippen LogP contribution is 2.25. The number of hydrazine groups is 1. The molecular weight excluding hydrogens is 302 g/mol. The Morgan fingerprint density at radius 3 is 2.54 bits per heavy atom. The fourth-order valence-corrected chi connectivity index (χ4v) is 2.96. The van der Waals surface area contributed by atoms with Gasteiger partial charge in [-0.3, -0.25) is 4.79 Å². The molecule has 1 heterocycles. The summed E-state index contributed by atoms with van der Waals surface area (Å²) in [4.78, 5) is 12.5. The predicted molar refractivity (Wildman–Crippen MR) is 95.0 cm³/mol. The van der Waals surface area contributed by atoms with Gasteiger partial charge in [-0.1, -0.05) is 29.8 Å². The number of benzene rings is 2. The minimum absolute atomic E-state index is 0.0227. The quantitative estimate of drug-likeness (QED) is 0.809. The van der Waals surface area contributed by atoms with Crippen molar-refractivity contribution in [3.05, 3.63) is 59.2 Å². The van der Waals surface area contributed by atoms with Crippen molar-refractivity contribution in [2.75, 3.05) is 12.4 Å². The van der Waals surface area contributed by atoms with E-state index in [2.05, 4.69) is 22.2 Å². The summed E-state index contributed by atoms with van der Waals surface area (Å²) >= 11 is 0. The van der Waals surface area contributed by atoms with Gasteiger partial charge in [0.25, 0.3) is 0 Å². The highest BCUT2D eigenvalue weighted by atomic mass is 16.5. The smallest absolute Gasteiger partial charge is 0.242 e. The molecule has 5 heteroatoms. The van der Waals surface area contributed by atoms with Crippen LogP contribution in [0.2, 0.25) is 0 Å². The lowest BCUT2D eigenvalue weighted by atomic mass is 10.0. The van der Waals surface area contributed by atoms with Crippen LogP contribution in [-0.2, 0) is 4.79 Å². The summed E-state index contributed by atoms with van der Waals surface area (Å²) in [6, 6.07) is 13.7. The number of methoxy groups -OCH3 is 1. The molecule has 0 radical (unpaired) electrons. The average molecular weight is 325 g/mol. The van der Waals surface area contributed by atoms with Gasteiger partial charge in [-0.15, -0.1) is 0 Å². The molecule has 24 heavy (non-hydrogen) atoms. The molecule has 126 valence electrons. The van der Waals surface area contributed by atoms with Gasteiger partial charge in [0.05, 0.1) is 7.11 Å². The fraction of sp³-hybridized carbons (Fsp3) is 0.316. The summed E-state index contributed by atoms with van der Waals surface area (Å²) in [5.41, 5.74) is 10.5. The normalized spacial score (nSPS) is 20.0. The Morgan fingerprint density at radius 2 is 1.88 bits per heavy atom. The summed E-state index contributed by atoms with van der Waals surface area (Å²) in [5.74, 6) is 0.805. The van der Waals surface area contributed by atoms with Crippen molar-refractivity contribution in [2.45, 2.75) is 32.4 Å². The maximum atomic E-state index is 12.5. The van der Waals surface area contributed by atoms with Crippen LogP contribution in [0.1, 0.15) is 29.2 Å². The van der Waals surface area contributed by atoms with Crippen LogP contribution in [0.4, 0.5) is 5.69 Å². The number of anilines is 1. The van der Waals surface area contributed by atoms with Crippen LogP contribution < -0.4 is 20.9 Å². The molecule has 2 aromatic carbocycles. The summed E-state index contributed by atoms with van der Waals surface area (Å²) in [6.45, 7) is 4.05. The summed E-state index contributed by atoms with van der Waals surface area (Å²) in [5, 5.41) is 3.01. The van der Waals surface area contributed by atoms with Crippen LogP contribution in [0.25, 0.3) is 0 Å². The van der Waals surface area contributed by atoms with Gasteiger partial charge in [-0.05, 0) is 49.6 Å². The Bertz CT molecular complexity index is 728. The number of nitrogens with one attached hydrogen (secondary N) is 3. The number of ether oxygens (including phenoxy) is 1. The van der Waals surface area contributed by atoms with Gasteiger partial charge in [0.15, 0.2) is 0 Å². The van der Waals surface area contributed by atoms with Crippen LogP contribution >= 0.6 is 0 Å². The number of carbonyl (C=O) groups excluding carboxylic acids is 1. The van der Waals surface area contributed by atoms with Crippen LogP contribution in [0.15, 0.2) is 42.5 Å². The average Bonchev–Trinajstić information content (AvgIpc) is 3.07. The van der Waals surface area contributed by atoms with E-state index in [0.717, 1.165) is 22.6 Å². The Hall–Kier alpha value is -2.37. The van der Waals surface area contributed by atoms with E-state index in [-0.39, 0.29) is 18.0 Å². The van der Waals surface area contributed by atoms with Crippen molar-refractivity contribution in [1.82, 2.24) is 10.9 Å². The molecule has 3 N–H and O–H groups in total. The SMILES string of the molecule is COc1ccc(C2CC(C(=O)Nc3ccc(C)cc3C)NN2)cc1. The molecule has 1 aliphatic heterocycles. The highest BCUT2D eigenvalue weighted by Gasteiger charge is 2.30. The zero-order chi connectivity index (χ0) is 17.1. The molecule has 1 aliphatic rings. The van der Waals surface area contributed by atoms with E-state index in [9.17, 15) is 4.79 Å². The number of hydrogen-bond acceptors (Lipinski definition) is 4. The number of amides is 1. The van der Waals surface area contributed by atoms with Gasteiger partial charge < -0.3 is 10.1 Å². The second-order valence-corrected chi connectivity index (χ2v) is 6.21. The molecule has 0 aromatic heterocycles. The van der Waals surface area contributed by atoms with E-state index in [0.29, 0.717) is 6.42 Å². The minimum atomic E-state index is -0.266. The van der Waals surface area contributed by atoms with E-state index in [1.807, 2.05) is 50.2 Å². The first-order valence-electron chi connectivity index (χ1n) is 8.10. The van der Waals surface area contributed by atoms with Gasteiger partial charge in [0.2, 0.25) is 5.91 Å². The minimum Gasteiger partial charge on any atom is -0.497 e. The number of hydrogen-bond donors (Lipinski definition) is 3. The molecule has 1 saturated heterocycles. The van der Waals surface area contributed by atoms with Crippen LogP contribution in [-0.4, -0.2) is 19.1 Å². The van der Waals surface area contributed by atoms with Gasteiger partial charge >= 0.3 is 0 Å². The molecule has 1 amide bonds. The molecule has 2 aromatic rings. The van der Waals surface area contributed by atoms with Crippen molar-refractivity contribution in [1.29, 1.82) is 0 Å². The van der Waals surface area contributed by atoms with Gasteiger partial charge in [-0.25, -0.2) is 10.9 Å². The zero-order valence-electron chi connectivity index (χ0n) is 14.2. The van der Waals surface area contributed by atoms with Crippen LogP contribution in [0.5, 0.6) is 5.75 Å². The van der Waals surface area contributed by atoms with E-state index in [1.54, 1.807) is 7.11 Å². The lowest BCUT2D eigenvalue weighted by Gasteiger charge is -2.13. The fourth-order valence-electron chi connectivity index (χ4n) is 2.96. The third kappa shape index (κ3) is 3.58. The summed E-state index contributed by atoms with van der Waals surface area (Å²) < 4.78 is 5.18. The van der Waals surface area contributed by atoms with Gasteiger partial charge in [-0.2, -0.15) is 0 Å². The lowest BCUT2D eigenvalue weighted by molar-refractivity contribution is -0.117. The highest BCUT2D eigenvalue weighted by molar-refractivity contribution is 5.95. The number of carbonyl (C=O) groups is 1. The van der Waals surface area contributed by atoms with E-state index in [4.69, 9.17) is 4.74 Å². The molecule has 0 spiro atoms. The Kier molecular flexibility index (Phi) is 4.83. The molecule has 2 atom stereocenters. The zero-order valence-corrected chi connectivity index (χ0v) is 14.2. The third-order valence-electron chi connectivity index (χ3n) is 4.38. The predicted octanol–water partition coefficient (Wildman–Crippen LogP) is 2.86. The molecule has 1 fully saturated rings. The van der Waals surface area contributed by atoms with Crippen LogP contribution in [0, 0.1) is 13.8 Å². The van der Waals surface area contributed by atoms with E-state index in [1.165, 1.54) is 5.56 Å². The third-order valence-corrected chi connectivity index (χ3v) is 4.38. The molecule has 0 aliphatic carbocycles. The lowest BCUT2D eigenvalue weighted by Crippen LogP contribution is -2.39. The van der Waals surface area contributed by atoms with Crippen LogP contribution in [0.3, 0.4) is 0 Å². The molecule has 0 bridgehead atoms. The summed E-state index contributed by atoms with van der Waals surface area (Å²) in [7, 11) is 1.65. The first-order chi connectivity index (χ1) is 11.6. The van der Waals surface area contributed by atoms with Crippen molar-refractivity contribution in [3.8, 4) is 5.75 Å². The maximum Gasteiger partial charge on any atom is 0.242 e. The Labute approximate surface area is 142 Å². The molecule has 2 unspecified atom stereocenters. The van der Waals surface area contributed by atoms with Crippen molar-refractivity contribution in [3.63, 3.8) is 0 Å². The first-order valence-corrected chi connectivity index (χ1v) is 8.10. The Balaban J connectivity index is 1.63. The second-order valence-electron chi connectivity index (χ2n) is 6.21. The Morgan fingerprint density at radius 1 is 1.12 bits per heavy atom. The standard InChI is InChI=1S/C19H23N3O2/c1-12-4-9-16(13(2)10-12)20-19(23)18-11-17(21-22-18)14-5-7-15(24-3)8-6-14/h4-10,17-18,21-22H,11H2,1-3H3,(H,20,23). The second kappa shape index (κ2) is 7.03. The van der Waals surface area contributed by atoms with Gasteiger partial charge in [0, 0.05) is 11.7 Å². The van der Waals surface area contributed by atoms with Gasteiger partial charge in [0.1, 0.15) is 11.8 Å². The molecule has 5 nitrogen and oxygen atoms in total. The molecule has 3 rings (SSSR count). The van der Waals surface area contributed by atoms with Crippen molar-refractivity contribution < 1.29 is 9.53 Å². The first kappa shape index (κ1) is 16.5. The summed E-state index contributed by atoms with van der Waals surface area (Å²) in [6.07, 6.45) is 0.697. The topological polar surface area (TPSA) is 62.4 Å². The molecular formula is C19H23N3O2. The number of aryl methyl sites for hydroxylation is 2. The van der Waals surface area contributed by atoms with E-state index >= 15 is 0 Å². The maximum absolute atomic E-state index is 12.5. The number of rotatable bonds is 4. The van der Waals surface area contributed by atoms with Crippen molar-refractivity contribution >= 4 is 11.6 Å². The van der Waals surface area contributed by atoms with E-state index < -0.39 is 0 Å². The van der Waals surface area contributed by atoms with Crippen molar-refractivity contribution in [2.24, 2.45) is 0 Å². The monoisotopic (exact) mass is 325 g/mol. The molecule has 0 saturated carbocycles.